The lowest BCUT2D eigenvalue weighted by atomic mass is 10.2. The Bertz CT molecular complexity index is 514. The second-order valence-electron chi connectivity index (χ2n) is 4.23. The van der Waals surface area contributed by atoms with Crippen LogP contribution < -0.4 is 5.32 Å². The molecule has 19 heavy (non-hydrogen) atoms. The Morgan fingerprint density at radius 1 is 1.16 bits per heavy atom. The van der Waals surface area contributed by atoms with Gasteiger partial charge in [0.2, 0.25) is 0 Å². The molecule has 1 aromatic heterocycles. The van der Waals surface area contributed by atoms with Gasteiger partial charge in [-0.05, 0) is 12.2 Å². The first-order chi connectivity index (χ1) is 9.33. The Morgan fingerprint density at radius 2 is 1.95 bits per heavy atom. The molecule has 4 heteroatoms. The van der Waals surface area contributed by atoms with E-state index in [0.29, 0.717) is 0 Å². The molecule has 0 radical (unpaired) electrons. The second kappa shape index (κ2) is 7.14. The van der Waals surface area contributed by atoms with Crippen molar-refractivity contribution in [2.45, 2.75) is 24.8 Å². The van der Waals surface area contributed by atoms with Crippen molar-refractivity contribution in [1.82, 2.24) is 9.97 Å². The van der Waals surface area contributed by atoms with Gasteiger partial charge in [0.05, 0.1) is 0 Å². The van der Waals surface area contributed by atoms with Gasteiger partial charge >= 0.3 is 0 Å². The molecule has 0 aliphatic carbocycles. The minimum Gasteiger partial charge on any atom is -0.373 e. The molecule has 0 aliphatic heterocycles. The molecule has 1 heterocycles. The highest BCUT2D eigenvalue weighted by molar-refractivity contribution is 7.99. The smallest absolute Gasteiger partial charge is 0.162 e. The van der Waals surface area contributed by atoms with Crippen LogP contribution in [-0.2, 0) is 0 Å². The van der Waals surface area contributed by atoms with Crippen molar-refractivity contribution in [3.05, 3.63) is 36.4 Å². The number of benzene rings is 1. The standard InChI is InChI=1S/C15H19N3S/c1-3-4-10-19-14-11-13(16-2)17-15(18-14)12-8-6-5-7-9-12/h5-9,11H,3-4,10H2,1-2H3,(H,16,17,18). The van der Waals surface area contributed by atoms with E-state index < -0.39 is 0 Å². The molecule has 0 spiro atoms. The van der Waals surface area contributed by atoms with Gasteiger partial charge in [-0.15, -0.1) is 11.8 Å². The lowest BCUT2D eigenvalue weighted by molar-refractivity contribution is 0.894. The molecule has 0 unspecified atom stereocenters. The number of anilines is 1. The Hall–Kier alpha value is -1.55. The summed E-state index contributed by atoms with van der Waals surface area (Å²) in [4.78, 5) is 9.15. The number of aromatic nitrogens is 2. The maximum absolute atomic E-state index is 4.64. The summed E-state index contributed by atoms with van der Waals surface area (Å²) in [5, 5.41) is 4.14. The molecule has 0 aliphatic rings. The van der Waals surface area contributed by atoms with E-state index >= 15 is 0 Å². The molecule has 3 nitrogen and oxygen atoms in total. The number of hydrogen-bond donors (Lipinski definition) is 1. The molecule has 0 fully saturated rings. The second-order valence-corrected chi connectivity index (χ2v) is 5.35. The number of nitrogens with one attached hydrogen (secondary N) is 1. The predicted octanol–water partition coefficient (Wildman–Crippen LogP) is 4.08. The SMILES string of the molecule is CCCCSc1cc(NC)nc(-c2ccccc2)n1. The fourth-order valence-corrected chi connectivity index (χ4v) is 2.65. The number of nitrogens with zero attached hydrogens (tertiary/aromatic N) is 2. The van der Waals surface area contributed by atoms with Crippen LogP contribution in [0.15, 0.2) is 41.4 Å². The van der Waals surface area contributed by atoms with Gasteiger partial charge in [-0.25, -0.2) is 9.97 Å². The Labute approximate surface area is 118 Å². The average Bonchev–Trinajstić information content (AvgIpc) is 2.48. The number of rotatable bonds is 6. The summed E-state index contributed by atoms with van der Waals surface area (Å²) in [6.45, 7) is 2.20. The summed E-state index contributed by atoms with van der Waals surface area (Å²) in [6.07, 6.45) is 2.42. The predicted molar refractivity (Wildman–Crippen MR) is 82.6 cm³/mol. The Balaban J connectivity index is 2.26. The van der Waals surface area contributed by atoms with Crippen molar-refractivity contribution in [3.8, 4) is 11.4 Å². The van der Waals surface area contributed by atoms with E-state index in [1.807, 2.05) is 43.4 Å². The molecule has 0 bridgehead atoms. The molecular weight excluding hydrogens is 254 g/mol. The van der Waals surface area contributed by atoms with Crippen LogP contribution in [0, 0.1) is 0 Å². The van der Waals surface area contributed by atoms with Crippen LogP contribution in [-0.4, -0.2) is 22.8 Å². The third-order valence-electron chi connectivity index (χ3n) is 2.74. The van der Waals surface area contributed by atoms with Gasteiger partial charge in [0, 0.05) is 18.7 Å². The molecule has 1 N–H and O–H groups in total. The van der Waals surface area contributed by atoms with Crippen molar-refractivity contribution in [1.29, 1.82) is 0 Å². The summed E-state index contributed by atoms with van der Waals surface area (Å²) >= 11 is 1.79. The highest BCUT2D eigenvalue weighted by Crippen LogP contribution is 2.24. The van der Waals surface area contributed by atoms with Crippen LogP contribution in [0.3, 0.4) is 0 Å². The lowest BCUT2D eigenvalue weighted by Crippen LogP contribution is -1.98. The van der Waals surface area contributed by atoms with Gasteiger partial charge in [-0.3, -0.25) is 0 Å². The quantitative estimate of drug-likeness (QED) is 0.489. The van der Waals surface area contributed by atoms with Crippen molar-refractivity contribution < 1.29 is 0 Å². The van der Waals surface area contributed by atoms with Gasteiger partial charge in [-0.1, -0.05) is 43.7 Å². The molecule has 2 rings (SSSR count). The van der Waals surface area contributed by atoms with Crippen molar-refractivity contribution in [2.24, 2.45) is 0 Å². The number of unbranched alkanes of at least 4 members (excludes halogenated alkanes) is 1. The maximum atomic E-state index is 4.64. The summed E-state index contributed by atoms with van der Waals surface area (Å²) in [5.74, 6) is 2.75. The van der Waals surface area contributed by atoms with E-state index in [2.05, 4.69) is 22.2 Å². The largest absolute Gasteiger partial charge is 0.373 e. The summed E-state index contributed by atoms with van der Waals surface area (Å²) in [6, 6.07) is 12.1. The molecule has 100 valence electrons. The van der Waals surface area contributed by atoms with Crippen LogP contribution in [0.25, 0.3) is 11.4 Å². The topological polar surface area (TPSA) is 37.8 Å². The van der Waals surface area contributed by atoms with E-state index in [0.717, 1.165) is 28.0 Å². The zero-order valence-corrected chi connectivity index (χ0v) is 12.2. The van der Waals surface area contributed by atoms with Gasteiger partial charge in [0.25, 0.3) is 0 Å². The van der Waals surface area contributed by atoms with E-state index in [1.54, 1.807) is 11.8 Å². The average molecular weight is 273 g/mol. The Morgan fingerprint density at radius 3 is 2.63 bits per heavy atom. The maximum Gasteiger partial charge on any atom is 0.162 e. The summed E-state index contributed by atoms with van der Waals surface area (Å²) in [7, 11) is 1.89. The fourth-order valence-electron chi connectivity index (χ4n) is 1.66. The van der Waals surface area contributed by atoms with Crippen molar-refractivity contribution in [3.63, 3.8) is 0 Å². The highest BCUT2D eigenvalue weighted by Gasteiger charge is 2.06. The first-order valence-corrected chi connectivity index (χ1v) is 7.57. The minimum absolute atomic E-state index is 0.784. The fraction of sp³-hybridized carbons (Fsp3) is 0.333. The summed E-state index contributed by atoms with van der Waals surface area (Å²) < 4.78 is 0. The first kappa shape index (κ1) is 13.9. The van der Waals surface area contributed by atoms with E-state index in [1.165, 1.54) is 12.8 Å². The monoisotopic (exact) mass is 273 g/mol. The van der Waals surface area contributed by atoms with Crippen molar-refractivity contribution in [2.75, 3.05) is 18.1 Å². The Kier molecular flexibility index (Phi) is 5.21. The van der Waals surface area contributed by atoms with Crippen LogP contribution in [0.5, 0.6) is 0 Å². The van der Waals surface area contributed by atoms with Crippen LogP contribution in [0.1, 0.15) is 19.8 Å². The number of thioether (sulfide) groups is 1. The van der Waals surface area contributed by atoms with Gasteiger partial charge in [0.15, 0.2) is 5.82 Å². The molecule has 2 aromatic rings. The number of hydrogen-bond acceptors (Lipinski definition) is 4. The van der Waals surface area contributed by atoms with Gasteiger partial charge in [-0.2, -0.15) is 0 Å². The van der Waals surface area contributed by atoms with E-state index in [9.17, 15) is 0 Å². The lowest BCUT2D eigenvalue weighted by Gasteiger charge is -2.07. The summed E-state index contributed by atoms with van der Waals surface area (Å²) in [5.41, 5.74) is 1.05. The zero-order valence-electron chi connectivity index (χ0n) is 11.4. The molecule has 0 saturated carbocycles. The molecule has 1 aromatic carbocycles. The van der Waals surface area contributed by atoms with Crippen LogP contribution >= 0.6 is 11.8 Å². The molecule has 0 amide bonds. The normalized spacial score (nSPS) is 10.4. The zero-order chi connectivity index (χ0) is 13.5. The van der Waals surface area contributed by atoms with Crippen LogP contribution in [0.2, 0.25) is 0 Å². The van der Waals surface area contributed by atoms with E-state index in [4.69, 9.17) is 0 Å². The minimum atomic E-state index is 0.784. The third-order valence-corrected chi connectivity index (χ3v) is 3.74. The first-order valence-electron chi connectivity index (χ1n) is 6.58. The third kappa shape index (κ3) is 3.96. The molecule has 0 atom stereocenters. The molecular formula is C15H19N3S. The van der Waals surface area contributed by atoms with Crippen molar-refractivity contribution >= 4 is 17.6 Å². The molecule has 0 saturated heterocycles. The van der Waals surface area contributed by atoms with Gasteiger partial charge < -0.3 is 5.32 Å². The highest BCUT2D eigenvalue weighted by atomic mass is 32.2. The van der Waals surface area contributed by atoms with Gasteiger partial charge in [0.1, 0.15) is 10.8 Å². The van der Waals surface area contributed by atoms with E-state index in [-0.39, 0.29) is 0 Å². The van der Waals surface area contributed by atoms with Crippen LogP contribution in [0.4, 0.5) is 5.82 Å².